The van der Waals surface area contributed by atoms with Crippen molar-refractivity contribution in [3.8, 4) is 0 Å². The fourth-order valence-corrected chi connectivity index (χ4v) is 3.06. The van der Waals surface area contributed by atoms with Gasteiger partial charge in [0.05, 0.1) is 21.1 Å². The smallest absolute Gasteiger partial charge is 0.335 e. The summed E-state index contributed by atoms with van der Waals surface area (Å²) in [5, 5.41) is 11.9. The van der Waals surface area contributed by atoms with Crippen molar-refractivity contribution in [2.75, 3.05) is 5.32 Å². The quantitative estimate of drug-likeness (QED) is 0.857. The van der Waals surface area contributed by atoms with E-state index < -0.39 is 11.8 Å². The lowest BCUT2D eigenvalue weighted by molar-refractivity contribution is 0.0697. The van der Waals surface area contributed by atoms with E-state index in [1.54, 1.807) is 11.3 Å². The van der Waals surface area contributed by atoms with Gasteiger partial charge in [0.1, 0.15) is 5.82 Å². The van der Waals surface area contributed by atoms with E-state index in [1.165, 1.54) is 12.1 Å². The molecule has 0 amide bonds. The second-order valence-electron chi connectivity index (χ2n) is 4.01. The molecule has 0 radical (unpaired) electrons. The van der Waals surface area contributed by atoms with Gasteiger partial charge in [0.15, 0.2) is 0 Å². The van der Waals surface area contributed by atoms with Crippen molar-refractivity contribution in [2.24, 2.45) is 0 Å². The molecular formula is C13H11BrFNO2S. The van der Waals surface area contributed by atoms with Gasteiger partial charge in [-0.3, -0.25) is 0 Å². The van der Waals surface area contributed by atoms with Crippen LogP contribution in [0, 0.1) is 5.82 Å². The number of rotatable bonds is 4. The third-order valence-corrected chi connectivity index (χ3v) is 4.41. The Morgan fingerprint density at radius 1 is 1.42 bits per heavy atom. The summed E-state index contributed by atoms with van der Waals surface area (Å²) < 4.78 is 14.6. The van der Waals surface area contributed by atoms with Crippen molar-refractivity contribution >= 4 is 38.9 Å². The Kier molecular flexibility index (Phi) is 4.21. The molecule has 0 aliphatic heterocycles. The molecule has 0 aliphatic rings. The van der Waals surface area contributed by atoms with Crippen molar-refractivity contribution in [1.29, 1.82) is 0 Å². The number of aromatic carboxylic acids is 1. The predicted molar refractivity (Wildman–Crippen MR) is 77.4 cm³/mol. The molecule has 2 rings (SSSR count). The first-order valence-electron chi connectivity index (χ1n) is 5.52. The average molecular weight is 344 g/mol. The Balaban J connectivity index is 2.22. The first-order valence-corrected chi connectivity index (χ1v) is 7.13. The first kappa shape index (κ1) is 14.0. The molecule has 1 atom stereocenters. The zero-order valence-electron chi connectivity index (χ0n) is 9.98. The molecule has 0 saturated heterocycles. The van der Waals surface area contributed by atoms with Gasteiger partial charge in [-0.1, -0.05) is 0 Å². The summed E-state index contributed by atoms with van der Waals surface area (Å²) in [5.41, 5.74) is 0.250. The maximum Gasteiger partial charge on any atom is 0.335 e. The highest BCUT2D eigenvalue weighted by atomic mass is 79.9. The number of hydrogen-bond acceptors (Lipinski definition) is 3. The number of benzene rings is 1. The summed E-state index contributed by atoms with van der Waals surface area (Å²) >= 11 is 4.92. The van der Waals surface area contributed by atoms with E-state index in [-0.39, 0.29) is 17.3 Å². The summed E-state index contributed by atoms with van der Waals surface area (Å²) in [6.45, 7) is 1.89. The molecule has 2 aromatic rings. The highest BCUT2D eigenvalue weighted by Crippen LogP contribution is 2.30. The molecule has 0 fully saturated rings. The van der Waals surface area contributed by atoms with Crippen LogP contribution in [0.4, 0.5) is 10.1 Å². The second-order valence-corrected chi connectivity index (χ2v) is 6.50. The minimum Gasteiger partial charge on any atom is -0.478 e. The minimum atomic E-state index is -1.07. The number of halogens is 2. The van der Waals surface area contributed by atoms with Crippen LogP contribution < -0.4 is 5.32 Å². The number of carbonyl (C=O) groups is 1. The third kappa shape index (κ3) is 3.33. The van der Waals surface area contributed by atoms with Gasteiger partial charge in [0.2, 0.25) is 0 Å². The van der Waals surface area contributed by atoms with Crippen LogP contribution in [0.25, 0.3) is 0 Å². The van der Waals surface area contributed by atoms with Crippen LogP contribution in [0.3, 0.4) is 0 Å². The van der Waals surface area contributed by atoms with Crippen molar-refractivity contribution in [2.45, 2.75) is 13.0 Å². The Labute approximate surface area is 122 Å². The number of nitrogens with one attached hydrogen (secondary N) is 1. The third-order valence-electron chi connectivity index (χ3n) is 2.61. The van der Waals surface area contributed by atoms with Gasteiger partial charge in [0, 0.05) is 4.88 Å². The van der Waals surface area contributed by atoms with Crippen LogP contribution >= 0.6 is 27.3 Å². The molecule has 0 saturated carbocycles. The van der Waals surface area contributed by atoms with Crippen LogP contribution in [0.15, 0.2) is 34.1 Å². The van der Waals surface area contributed by atoms with E-state index in [0.29, 0.717) is 0 Å². The van der Waals surface area contributed by atoms with Crippen LogP contribution in [-0.4, -0.2) is 11.1 Å². The standard InChI is InChI=1S/C13H11BrFNO2S/c1-7(11-4-5-12(14)19-11)16-10-6-8(13(17)18)2-3-9(10)15/h2-7,16H,1H3,(H,17,18). The topological polar surface area (TPSA) is 49.3 Å². The Hall–Kier alpha value is -1.40. The molecule has 1 heterocycles. The maximum atomic E-state index is 13.7. The fourth-order valence-electron chi connectivity index (χ4n) is 1.63. The Morgan fingerprint density at radius 3 is 2.74 bits per heavy atom. The number of thiophene rings is 1. The normalized spacial score (nSPS) is 12.2. The predicted octanol–water partition coefficient (Wildman–Crippen LogP) is 4.52. The first-order chi connectivity index (χ1) is 8.97. The zero-order chi connectivity index (χ0) is 14.0. The van der Waals surface area contributed by atoms with Gasteiger partial charge in [-0.05, 0) is 53.2 Å². The van der Waals surface area contributed by atoms with E-state index in [1.807, 2.05) is 19.1 Å². The van der Waals surface area contributed by atoms with Crippen LogP contribution in [0.1, 0.15) is 28.2 Å². The van der Waals surface area contributed by atoms with Gasteiger partial charge in [-0.2, -0.15) is 0 Å². The summed E-state index contributed by atoms with van der Waals surface area (Å²) in [6, 6.07) is 7.46. The fraction of sp³-hybridized carbons (Fsp3) is 0.154. The van der Waals surface area contributed by atoms with Gasteiger partial charge in [0.25, 0.3) is 0 Å². The van der Waals surface area contributed by atoms with Crippen LogP contribution in [0.5, 0.6) is 0 Å². The summed E-state index contributed by atoms with van der Waals surface area (Å²) in [5.74, 6) is -1.54. The van der Waals surface area contributed by atoms with Gasteiger partial charge < -0.3 is 10.4 Å². The monoisotopic (exact) mass is 343 g/mol. The van der Waals surface area contributed by atoms with Crippen molar-refractivity contribution in [3.63, 3.8) is 0 Å². The highest BCUT2D eigenvalue weighted by Gasteiger charge is 2.13. The van der Waals surface area contributed by atoms with E-state index in [2.05, 4.69) is 21.2 Å². The molecule has 1 unspecified atom stereocenters. The molecule has 0 bridgehead atoms. The molecule has 0 spiro atoms. The Morgan fingerprint density at radius 2 is 2.16 bits per heavy atom. The summed E-state index contributed by atoms with van der Waals surface area (Å²) in [7, 11) is 0. The number of anilines is 1. The highest BCUT2D eigenvalue weighted by molar-refractivity contribution is 9.11. The van der Waals surface area contributed by atoms with Crippen molar-refractivity contribution < 1.29 is 14.3 Å². The lowest BCUT2D eigenvalue weighted by Gasteiger charge is -2.14. The lowest BCUT2D eigenvalue weighted by Crippen LogP contribution is -2.08. The number of hydrogen-bond donors (Lipinski definition) is 2. The Bertz CT molecular complexity index is 614. The molecule has 1 aromatic carbocycles. The SMILES string of the molecule is CC(Nc1cc(C(=O)O)ccc1F)c1ccc(Br)s1. The molecule has 3 nitrogen and oxygen atoms in total. The lowest BCUT2D eigenvalue weighted by atomic mass is 10.1. The number of carboxylic acids is 1. The molecule has 6 heteroatoms. The van der Waals surface area contributed by atoms with Gasteiger partial charge in [-0.15, -0.1) is 11.3 Å². The average Bonchev–Trinajstić information content (AvgIpc) is 2.78. The van der Waals surface area contributed by atoms with Crippen molar-refractivity contribution in [3.05, 3.63) is 50.4 Å². The summed E-state index contributed by atoms with van der Waals surface area (Å²) in [6.07, 6.45) is 0. The zero-order valence-corrected chi connectivity index (χ0v) is 12.4. The molecule has 2 N–H and O–H groups in total. The van der Waals surface area contributed by atoms with E-state index in [4.69, 9.17) is 5.11 Å². The number of carboxylic acid groups (broad SMARTS) is 1. The largest absolute Gasteiger partial charge is 0.478 e. The molecular weight excluding hydrogens is 333 g/mol. The maximum absolute atomic E-state index is 13.7. The van der Waals surface area contributed by atoms with E-state index in [0.717, 1.165) is 14.7 Å². The molecule has 19 heavy (non-hydrogen) atoms. The minimum absolute atomic E-state index is 0.0588. The van der Waals surface area contributed by atoms with E-state index >= 15 is 0 Å². The van der Waals surface area contributed by atoms with Crippen LogP contribution in [0.2, 0.25) is 0 Å². The molecule has 0 aliphatic carbocycles. The molecule has 1 aromatic heterocycles. The molecule has 100 valence electrons. The van der Waals surface area contributed by atoms with Crippen LogP contribution in [-0.2, 0) is 0 Å². The van der Waals surface area contributed by atoms with Gasteiger partial charge in [-0.25, -0.2) is 9.18 Å². The summed E-state index contributed by atoms with van der Waals surface area (Å²) in [4.78, 5) is 11.9. The second kappa shape index (κ2) is 5.71. The van der Waals surface area contributed by atoms with Gasteiger partial charge >= 0.3 is 5.97 Å². The van der Waals surface area contributed by atoms with Crippen molar-refractivity contribution in [1.82, 2.24) is 0 Å². The van der Waals surface area contributed by atoms with E-state index in [9.17, 15) is 9.18 Å².